The second kappa shape index (κ2) is 6.89. The molecule has 2 aliphatic rings. The minimum absolute atomic E-state index is 0.0765. The zero-order chi connectivity index (χ0) is 21.0. The minimum atomic E-state index is -1.09. The minimum Gasteiger partial charge on any atom is -0.381 e. The fraction of sp³-hybridized carbons (Fsp3) is 0.400. The fourth-order valence-corrected chi connectivity index (χ4v) is 4.35. The summed E-state index contributed by atoms with van der Waals surface area (Å²) < 4.78 is 30.1. The van der Waals surface area contributed by atoms with Crippen LogP contribution >= 0.6 is 0 Å². The van der Waals surface area contributed by atoms with Gasteiger partial charge in [0.15, 0.2) is 11.5 Å². The van der Waals surface area contributed by atoms with Gasteiger partial charge in [0.1, 0.15) is 23.4 Å². The number of halogens is 2. The summed E-state index contributed by atoms with van der Waals surface area (Å²) in [6, 6.07) is 2.53. The number of nitrogens with zero attached hydrogens (tertiary/aromatic N) is 5. The molecule has 5 heterocycles. The molecule has 0 aliphatic carbocycles. The lowest BCUT2D eigenvalue weighted by atomic mass is 9.98. The van der Waals surface area contributed by atoms with E-state index in [4.69, 9.17) is 5.73 Å². The number of aryl methyl sites for hydroxylation is 1. The number of nitrogens with two attached hydrogens (primary N) is 1. The van der Waals surface area contributed by atoms with Gasteiger partial charge in [0.05, 0.1) is 18.8 Å². The van der Waals surface area contributed by atoms with Crippen LogP contribution in [-0.2, 0) is 6.42 Å². The molecule has 3 atom stereocenters. The zero-order valence-electron chi connectivity index (χ0n) is 16.3. The molecule has 8 nitrogen and oxygen atoms in total. The van der Waals surface area contributed by atoms with E-state index >= 15 is 0 Å². The molecule has 1 fully saturated rings. The number of amides is 1. The van der Waals surface area contributed by atoms with Gasteiger partial charge < -0.3 is 16.0 Å². The summed E-state index contributed by atoms with van der Waals surface area (Å²) in [6.45, 7) is 1.99. The summed E-state index contributed by atoms with van der Waals surface area (Å²) >= 11 is 0. The van der Waals surface area contributed by atoms with Crippen molar-refractivity contribution in [2.45, 2.75) is 44.4 Å². The van der Waals surface area contributed by atoms with E-state index in [1.54, 1.807) is 17.2 Å². The Balaban J connectivity index is 1.72. The fourth-order valence-electron chi connectivity index (χ4n) is 4.35. The molecule has 3 aromatic heterocycles. The molecule has 1 amide bonds. The quantitative estimate of drug-likeness (QED) is 0.586. The third-order valence-corrected chi connectivity index (χ3v) is 5.79. The molecular weight excluding hydrogens is 392 g/mol. The van der Waals surface area contributed by atoms with E-state index in [2.05, 4.69) is 20.4 Å². The summed E-state index contributed by atoms with van der Waals surface area (Å²) in [4.78, 5) is 23.6. The van der Waals surface area contributed by atoms with Crippen LogP contribution in [0.15, 0.2) is 24.5 Å². The number of carbonyl (C=O) groups excluding carboxylic acids is 1. The van der Waals surface area contributed by atoms with E-state index in [0.29, 0.717) is 35.6 Å². The SMILES string of the molecule is C[C@@H]1CCc2ncc(F)cc2C2C[C@@H](F)CN2c2ccn3nc(N)c(c3n2)C(=O)N1. The number of carbonyl (C=O) groups is 1. The number of alkyl halides is 1. The summed E-state index contributed by atoms with van der Waals surface area (Å²) in [5, 5.41) is 7.10. The lowest BCUT2D eigenvalue weighted by molar-refractivity contribution is 0.0940. The van der Waals surface area contributed by atoms with Gasteiger partial charge in [-0.2, -0.15) is 0 Å². The first kappa shape index (κ1) is 18.7. The van der Waals surface area contributed by atoms with Crippen molar-refractivity contribution in [2.75, 3.05) is 17.2 Å². The first-order valence-electron chi connectivity index (χ1n) is 9.91. The molecule has 10 heteroatoms. The number of anilines is 2. The summed E-state index contributed by atoms with van der Waals surface area (Å²) in [5.74, 6) is -0.278. The van der Waals surface area contributed by atoms with Crippen LogP contribution in [0.1, 0.15) is 47.4 Å². The number of rotatable bonds is 0. The molecule has 1 unspecified atom stereocenters. The highest BCUT2D eigenvalue weighted by Crippen LogP contribution is 2.38. The normalized spacial score (nSPS) is 24.0. The maximum absolute atomic E-state index is 14.5. The van der Waals surface area contributed by atoms with Gasteiger partial charge in [0.2, 0.25) is 0 Å². The number of aromatic nitrogens is 4. The van der Waals surface area contributed by atoms with Crippen molar-refractivity contribution in [2.24, 2.45) is 0 Å². The van der Waals surface area contributed by atoms with Crippen molar-refractivity contribution < 1.29 is 13.6 Å². The van der Waals surface area contributed by atoms with E-state index in [0.717, 1.165) is 0 Å². The van der Waals surface area contributed by atoms with E-state index in [1.165, 1.54) is 16.8 Å². The van der Waals surface area contributed by atoms with Crippen LogP contribution in [0, 0.1) is 5.82 Å². The Morgan fingerprint density at radius 1 is 1.37 bits per heavy atom. The second-order valence-electron chi connectivity index (χ2n) is 7.92. The van der Waals surface area contributed by atoms with Gasteiger partial charge in [0.25, 0.3) is 5.91 Å². The Morgan fingerprint density at radius 3 is 3.03 bits per heavy atom. The highest BCUT2D eigenvalue weighted by molar-refractivity contribution is 6.04. The van der Waals surface area contributed by atoms with Gasteiger partial charge in [-0.1, -0.05) is 0 Å². The van der Waals surface area contributed by atoms with Crippen LogP contribution in [-0.4, -0.2) is 44.2 Å². The molecule has 0 radical (unpaired) electrons. The number of hydrogen-bond acceptors (Lipinski definition) is 6. The van der Waals surface area contributed by atoms with Crippen LogP contribution in [0.4, 0.5) is 20.4 Å². The average molecular weight is 413 g/mol. The number of nitrogen functional groups attached to an aromatic ring is 1. The number of fused-ring (bicyclic) bond motifs is 5. The van der Waals surface area contributed by atoms with E-state index in [1.807, 2.05) is 6.92 Å². The van der Waals surface area contributed by atoms with Gasteiger partial charge in [0, 0.05) is 24.4 Å². The number of pyridine rings is 1. The first-order valence-corrected chi connectivity index (χ1v) is 9.91. The van der Waals surface area contributed by atoms with Gasteiger partial charge in [-0.15, -0.1) is 5.10 Å². The van der Waals surface area contributed by atoms with Crippen LogP contribution in [0.5, 0.6) is 0 Å². The summed E-state index contributed by atoms with van der Waals surface area (Å²) in [5.41, 5.74) is 7.84. The highest BCUT2D eigenvalue weighted by Gasteiger charge is 2.36. The molecule has 156 valence electrons. The lowest BCUT2D eigenvalue weighted by Crippen LogP contribution is -2.33. The predicted octanol–water partition coefficient (Wildman–Crippen LogP) is 2.20. The van der Waals surface area contributed by atoms with Gasteiger partial charge in [-0.3, -0.25) is 9.78 Å². The Labute approximate surface area is 171 Å². The summed E-state index contributed by atoms with van der Waals surface area (Å²) in [7, 11) is 0. The van der Waals surface area contributed by atoms with Crippen LogP contribution in [0.2, 0.25) is 0 Å². The largest absolute Gasteiger partial charge is 0.381 e. The van der Waals surface area contributed by atoms with Gasteiger partial charge >= 0.3 is 0 Å². The molecule has 30 heavy (non-hydrogen) atoms. The molecule has 1 saturated heterocycles. The third-order valence-electron chi connectivity index (χ3n) is 5.79. The standard InChI is InChI=1S/C20H21F2N7O/c1-10-2-3-14-13(6-11(21)8-24-14)15-7-12(22)9-28(15)16-4-5-29-19(26-16)17(18(23)27-29)20(30)25-10/h4-6,8,10,12,15H,2-3,7,9H2,1H3,(H2,23,27)(H,25,30)/t10-,12-,15?/m1/s1. The molecule has 5 rings (SSSR count). The lowest BCUT2D eigenvalue weighted by Gasteiger charge is -2.27. The van der Waals surface area contributed by atoms with Crippen LogP contribution in [0.3, 0.4) is 0 Å². The van der Waals surface area contributed by atoms with Crippen LogP contribution < -0.4 is 16.0 Å². The van der Waals surface area contributed by atoms with Crippen molar-refractivity contribution in [3.05, 3.63) is 47.2 Å². The second-order valence-corrected chi connectivity index (χ2v) is 7.92. The van der Waals surface area contributed by atoms with Crippen molar-refractivity contribution in [3.8, 4) is 0 Å². The van der Waals surface area contributed by atoms with Crippen molar-refractivity contribution in [1.29, 1.82) is 0 Å². The Morgan fingerprint density at radius 2 is 2.20 bits per heavy atom. The maximum atomic E-state index is 14.5. The van der Waals surface area contributed by atoms with E-state index < -0.39 is 18.0 Å². The van der Waals surface area contributed by atoms with E-state index in [9.17, 15) is 13.6 Å². The van der Waals surface area contributed by atoms with Gasteiger partial charge in [-0.25, -0.2) is 18.3 Å². The average Bonchev–Trinajstić information content (AvgIpc) is 3.24. The Hall–Kier alpha value is -3.30. The summed E-state index contributed by atoms with van der Waals surface area (Å²) in [6.07, 6.45) is 3.04. The highest BCUT2D eigenvalue weighted by atomic mass is 19.1. The monoisotopic (exact) mass is 413 g/mol. The topological polar surface area (TPSA) is 101 Å². The molecule has 0 saturated carbocycles. The zero-order valence-corrected chi connectivity index (χ0v) is 16.3. The van der Waals surface area contributed by atoms with Crippen molar-refractivity contribution in [3.63, 3.8) is 0 Å². The van der Waals surface area contributed by atoms with Crippen molar-refractivity contribution in [1.82, 2.24) is 24.9 Å². The smallest absolute Gasteiger partial charge is 0.259 e. The van der Waals surface area contributed by atoms with Gasteiger partial charge in [-0.05, 0) is 37.5 Å². The number of hydrogen-bond donors (Lipinski definition) is 2. The molecule has 2 aliphatic heterocycles. The Kier molecular flexibility index (Phi) is 4.30. The first-order chi connectivity index (χ1) is 14.4. The molecule has 3 N–H and O–H groups in total. The van der Waals surface area contributed by atoms with Crippen LogP contribution in [0.25, 0.3) is 5.65 Å². The molecule has 0 aromatic carbocycles. The predicted molar refractivity (Wildman–Crippen MR) is 106 cm³/mol. The number of nitrogens with one attached hydrogen (secondary N) is 1. The molecule has 0 spiro atoms. The van der Waals surface area contributed by atoms with E-state index in [-0.39, 0.29) is 36.3 Å². The third kappa shape index (κ3) is 3.03. The molecule has 3 aromatic rings. The Bertz CT molecular complexity index is 1150. The molecular formula is C20H21F2N7O. The maximum Gasteiger partial charge on any atom is 0.259 e. The van der Waals surface area contributed by atoms with Crippen molar-refractivity contribution >= 4 is 23.2 Å². The molecule has 2 bridgehead atoms.